The van der Waals surface area contributed by atoms with E-state index in [4.69, 9.17) is 0 Å². The number of hydrogen-bond acceptors (Lipinski definition) is 0. The van der Waals surface area contributed by atoms with Crippen molar-refractivity contribution in [3.05, 3.63) is 0 Å². The highest BCUT2D eigenvalue weighted by atomic mass is 16.3. The van der Waals surface area contributed by atoms with Crippen LogP contribution in [0.5, 0.6) is 0 Å². The van der Waals surface area contributed by atoms with Crippen LogP contribution in [0.1, 0.15) is 25.7 Å². The van der Waals surface area contributed by atoms with Crippen LogP contribution in [0.25, 0.3) is 0 Å². The minimum absolute atomic E-state index is 0.148. The van der Waals surface area contributed by atoms with Crippen molar-refractivity contribution < 1.29 is 5.11 Å². The van der Waals surface area contributed by atoms with Gasteiger partial charge in [0.05, 0.1) is 6.61 Å². The molecule has 2 rings (SSSR count). The van der Waals surface area contributed by atoms with Crippen molar-refractivity contribution in [3.8, 4) is 11.8 Å². The van der Waals surface area contributed by atoms with Gasteiger partial charge in [-0.2, -0.15) is 0 Å². The van der Waals surface area contributed by atoms with E-state index < -0.39 is 0 Å². The Kier molecular flexibility index (Phi) is 1.87. The maximum absolute atomic E-state index is 10.6. The summed E-state index contributed by atoms with van der Waals surface area (Å²) in [5.41, 5.74) is 0. The Morgan fingerprint density at radius 3 is 2.09 bits per heavy atom. The maximum Gasteiger partial charge on any atom is 0.0856 e. The average Bonchev–Trinajstić information content (AvgIpc) is 2.60. The van der Waals surface area contributed by atoms with E-state index in [0.29, 0.717) is 5.92 Å². The van der Waals surface area contributed by atoms with Gasteiger partial charge in [0.25, 0.3) is 0 Å². The molecule has 0 aromatic carbocycles. The Bertz CT molecular complexity index is 181. The molecular weight excluding hydrogens is 136 g/mol. The van der Waals surface area contributed by atoms with Gasteiger partial charge in [0.15, 0.2) is 0 Å². The van der Waals surface area contributed by atoms with Gasteiger partial charge >= 0.3 is 0 Å². The van der Waals surface area contributed by atoms with Crippen LogP contribution in [0.15, 0.2) is 0 Å². The highest BCUT2D eigenvalue weighted by Gasteiger charge is 2.48. The van der Waals surface area contributed by atoms with Crippen LogP contribution in [0.3, 0.4) is 0 Å². The summed E-state index contributed by atoms with van der Waals surface area (Å²) in [5.74, 6) is 8.29. The summed E-state index contributed by atoms with van der Waals surface area (Å²) < 4.78 is 0. The van der Waals surface area contributed by atoms with Crippen LogP contribution < -0.4 is 0 Å². The first-order valence-electron chi connectivity index (χ1n) is 4.47. The van der Waals surface area contributed by atoms with Gasteiger partial charge in [-0.25, -0.2) is 5.11 Å². The van der Waals surface area contributed by atoms with Gasteiger partial charge in [0.2, 0.25) is 0 Å². The molecule has 11 heavy (non-hydrogen) atoms. The molecule has 0 spiro atoms. The standard InChI is InChI=1S/C10H13O/c11-7-10-8-5-3-1-2-4-6-9(8)10/h8-10H,3-7H2/t8-,9+,10+. The first-order chi connectivity index (χ1) is 5.43. The highest BCUT2D eigenvalue weighted by Crippen LogP contribution is 2.51. The normalized spacial score (nSPS) is 41.0. The fourth-order valence-electron chi connectivity index (χ4n) is 2.28. The quantitative estimate of drug-likeness (QED) is 0.507. The zero-order valence-corrected chi connectivity index (χ0v) is 6.68. The van der Waals surface area contributed by atoms with Crippen LogP contribution >= 0.6 is 0 Å². The van der Waals surface area contributed by atoms with Gasteiger partial charge in [0, 0.05) is 12.8 Å². The molecule has 2 aliphatic rings. The van der Waals surface area contributed by atoms with Crippen molar-refractivity contribution in [1.82, 2.24) is 0 Å². The average molecular weight is 149 g/mol. The predicted molar refractivity (Wildman–Crippen MR) is 42.3 cm³/mol. The van der Waals surface area contributed by atoms with E-state index in [9.17, 15) is 5.11 Å². The minimum Gasteiger partial charge on any atom is -0.236 e. The molecule has 1 heteroatoms. The van der Waals surface area contributed by atoms with Crippen molar-refractivity contribution in [2.45, 2.75) is 25.7 Å². The van der Waals surface area contributed by atoms with E-state index in [0.717, 1.165) is 24.7 Å². The molecule has 0 saturated heterocycles. The first kappa shape index (κ1) is 7.18. The number of rotatable bonds is 1. The van der Waals surface area contributed by atoms with Gasteiger partial charge < -0.3 is 0 Å². The van der Waals surface area contributed by atoms with Crippen molar-refractivity contribution >= 4 is 0 Å². The summed E-state index contributed by atoms with van der Waals surface area (Å²) in [5, 5.41) is 10.6. The maximum atomic E-state index is 10.6. The molecule has 0 amide bonds. The summed E-state index contributed by atoms with van der Waals surface area (Å²) in [4.78, 5) is 0. The smallest absolute Gasteiger partial charge is 0.0856 e. The van der Waals surface area contributed by atoms with Gasteiger partial charge in [-0.15, -0.1) is 11.8 Å². The molecule has 3 atom stereocenters. The molecule has 0 aromatic rings. The van der Waals surface area contributed by atoms with Crippen molar-refractivity contribution in [2.24, 2.45) is 17.8 Å². The molecule has 2 aliphatic carbocycles. The van der Waals surface area contributed by atoms with Gasteiger partial charge in [-0.3, -0.25) is 0 Å². The molecule has 1 saturated carbocycles. The topological polar surface area (TPSA) is 19.9 Å². The Morgan fingerprint density at radius 2 is 1.64 bits per heavy atom. The van der Waals surface area contributed by atoms with Crippen LogP contribution in [-0.2, 0) is 5.11 Å². The third kappa shape index (κ3) is 1.28. The Labute approximate surface area is 67.8 Å². The van der Waals surface area contributed by atoms with E-state index in [1.165, 1.54) is 12.8 Å². The summed E-state index contributed by atoms with van der Waals surface area (Å²) in [6.45, 7) is 0.148. The van der Waals surface area contributed by atoms with Crippen LogP contribution in [0, 0.1) is 29.6 Å². The van der Waals surface area contributed by atoms with E-state index in [-0.39, 0.29) is 6.61 Å². The molecule has 1 radical (unpaired) electrons. The van der Waals surface area contributed by atoms with E-state index in [1.54, 1.807) is 0 Å². The molecule has 0 aromatic heterocycles. The Morgan fingerprint density at radius 1 is 1.09 bits per heavy atom. The summed E-state index contributed by atoms with van der Waals surface area (Å²) in [6.07, 6.45) is 4.42. The van der Waals surface area contributed by atoms with Gasteiger partial charge in [-0.1, -0.05) is 0 Å². The molecule has 1 nitrogen and oxygen atoms in total. The van der Waals surface area contributed by atoms with Crippen LogP contribution in [0.4, 0.5) is 0 Å². The van der Waals surface area contributed by atoms with E-state index in [1.807, 2.05) is 0 Å². The zero-order valence-electron chi connectivity index (χ0n) is 6.68. The molecule has 0 bridgehead atoms. The minimum atomic E-state index is 0.148. The zero-order chi connectivity index (χ0) is 7.68. The van der Waals surface area contributed by atoms with Crippen molar-refractivity contribution in [1.29, 1.82) is 0 Å². The number of fused-ring (bicyclic) bond motifs is 1. The highest BCUT2D eigenvalue weighted by molar-refractivity contribution is 5.07. The lowest BCUT2D eigenvalue weighted by atomic mass is 10.1. The van der Waals surface area contributed by atoms with Gasteiger partial charge in [0.1, 0.15) is 0 Å². The lowest BCUT2D eigenvalue weighted by molar-refractivity contribution is 0.169. The fraction of sp³-hybridized carbons (Fsp3) is 0.800. The SMILES string of the molecule is [O]C[C@@H]1[C@H]2CCC#CCC[C@@H]12. The largest absolute Gasteiger partial charge is 0.236 e. The second-order valence-corrected chi connectivity index (χ2v) is 3.59. The molecule has 59 valence electrons. The second kappa shape index (κ2) is 2.87. The van der Waals surface area contributed by atoms with Crippen LogP contribution in [-0.4, -0.2) is 6.61 Å². The lowest BCUT2D eigenvalue weighted by Gasteiger charge is -1.96. The van der Waals surface area contributed by atoms with Gasteiger partial charge in [-0.05, 0) is 30.6 Å². The summed E-state index contributed by atoms with van der Waals surface area (Å²) in [6, 6.07) is 0. The molecule has 1 fully saturated rings. The molecule has 0 aliphatic heterocycles. The summed E-state index contributed by atoms with van der Waals surface area (Å²) >= 11 is 0. The number of hydrogen-bond donors (Lipinski definition) is 0. The van der Waals surface area contributed by atoms with E-state index in [2.05, 4.69) is 11.8 Å². The van der Waals surface area contributed by atoms with Crippen molar-refractivity contribution in [2.75, 3.05) is 6.61 Å². The Hall–Kier alpha value is -0.480. The molecule has 0 N–H and O–H groups in total. The molecular formula is C10H13O. The first-order valence-corrected chi connectivity index (χ1v) is 4.47. The Balaban J connectivity index is 1.93. The molecule has 0 unspecified atom stereocenters. The second-order valence-electron chi connectivity index (χ2n) is 3.59. The predicted octanol–water partition coefficient (Wildman–Crippen LogP) is 1.86. The molecule has 0 heterocycles. The fourth-order valence-corrected chi connectivity index (χ4v) is 2.28. The third-order valence-corrected chi connectivity index (χ3v) is 3.03. The third-order valence-electron chi connectivity index (χ3n) is 3.03. The lowest BCUT2D eigenvalue weighted by Crippen LogP contribution is -1.86. The summed E-state index contributed by atoms with van der Waals surface area (Å²) in [7, 11) is 0. The van der Waals surface area contributed by atoms with Crippen molar-refractivity contribution in [3.63, 3.8) is 0 Å². The van der Waals surface area contributed by atoms with Crippen LogP contribution in [0.2, 0.25) is 0 Å². The monoisotopic (exact) mass is 149 g/mol. The van der Waals surface area contributed by atoms with E-state index >= 15 is 0 Å².